The van der Waals surface area contributed by atoms with Crippen LogP contribution in [0.3, 0.4) is 0 Å². The minimum atomic E-state index is -4.42. The highest BCUT2D eigenvalue weighted by atomic mass is 19.4. The van der Waals surface area contributed by atoms with Gasteiger partial charge in [-0.15, -0.1) is 0 Å². The van der Waals surface area contributed by atoms with Crippen LogP contribution in [0.1, 0.15) is 35.9 Å². The van der Waals surface area contributed by atoms with Gasteiger partial charge in [-0.3, -0.25) is 14.7 Å². The number of aldehydes is 1. The Labute approximate surface area is 198 Å². The Morgan fingerprint density at radius 3 is 2.54 bits per heavy atom. The molecule has 0 atom stereocenters. The normalized spacial score (nSPS) is 14.1. The molecule has 1 aliphatic rings. The molecule has 4 rings (SSSR count). The van der Waals surface area contributed by atoms with Gasteiger partial charge in [0.1, 0.15) is 17.7 Å². The lowest BCUT2D eigenvalue weighted by molar-refractivity contribution is -0.147. The lowest BCUT2D eigenvalue weighted by atomic mass is 10.1. The summed E-state index contributed by atoms with van der Waals surface area (Å²) in [6.45, 7) is 2.51. The Morgan fingerprint density at radius 2 is 2.03 bits per heavy atom. The van der Waals surface area contributed by atoms with Gasteiger partial charge in [-0.1, -0.05) is 0 Å². The molecule has 0 spiro atoms. The summed E-state index contributed by atoms with van der Waals surface area (Å²) in [7, 11) is 1.56. The van der Waals surface area contributed by atoms with Crippen molar-refractivity contribution in [1.82, 2.24) is 15.2 Å². The van der Waals surface area contributed by atoms with Crippen LogP contribution in [-0.4, -0.2) is 53.7 Å². The Kier molecular flexibility index (Phi) is 7.99. The monoisotopic (exact) mass is 494 g/mol. The molecule has 3 aromatic heterocycles. The maximum atomic E-state index is 12.7. The van der Waals surface area contributed by atoms with Crippen molar-refractivity contribution >= 4 is 29.6 Å². The minimum absolute atomic E-state index is 0.138. The molecule has 35 heavy (non-hydrogen) atoms. The van der Waals surface area contributed by atoms with E-state index in [2.05, 4.69) is 20.5 Å². The van der Waals surface area contributed by atoms with Gasteiger partial charge in [0.15, 0.2) is 17.9 Å². The predicted octanol–water partition coefficient (Wildman–Crippen LogP) is 3.74. The lowest BCUT2D eigenvalue weighted by Gasteiger charge is -2.33. The van der Waals surface area contributed by atoms with Gasteiger partial charge in [-0.2, -0.15) is 18.3 Å². The van der Waals surface area contributed by atoms with E-state index in [1.807, 2.05) is 4.90 Å². The standard InChI is InChI=1S/C14H18F3N3O2.C8H7N3O2/c1-9(21)22-11-3-5-20(6-4-11)13-12(18-2)7-10(8-19-13)14(15,16)17;9-8-6(3-10-11-8)7-2-1-5(4-12)13-7/h7-8,11,18H,3-6H2,1-2H3;1-4H,(H3,9,10,11). The second-order valence-electron chi connectivity index (χ2n) is 7.66. The van der Waals surface area contributed by atoms with Crippen LogP contribution >= 0.6 is 0 Å². The molecule has 1 aliphatic heterocycles. The first-order valence-corrected chi connectivity index (χ1v) is 10.6. The molecule has 4 N–H and O–H groups in total. The Balaban J connectivity index is 0.000000223. The smallest absolute Gasteiger partial charge is 0.417 e. The first-order chi connectivity index (χ1) is 16.6. The zero-order valence-corrected chi connectivity index (χ0v) is 19.1. The summed E-state index contributed by atoms with van der Waals surface area (Å²) in [4.78, 5) is 27.1. The number of H-pyrrole nitrogens is 1. The van der Waals surface area contributed by atoms with Crippen molar-refractivity contribution in [2.24, 2.45) is 0 Å². The molecular formula is C22H25F3N6O4. The Hall–Kier alpha value is -4.03. The van der Waals surface area contributed by atoms with E-state index in [-0.39, 0.29) is 17.8 Å². The molecule has 188 valence electrons. The van der Waals surface area contributed by atoms with Crippen LogP contribution in [0.4, 0.5) is 30.5 Å². The van der Waals surface area contributed by atoms with Gasteiger partial charge < -0.3 is 25.1 Å². The predicted molar refractivity (Wildman–Crippen MR) is 122 cm³/mol. The fraction of sp³-hybridized carbons (Fsp3) is 0.364. The van der Waals surface area contributed by atoms with Gasteiger partial charge >= 0.3 is 12.1 Å². The molecular weight excluding hydrogens is 469 g/mol. The number of hydrogen-bond acceptors (Lipinski definition) is 9. The van der Waals surface area contributed by atoms with Gasteiger partial charge in [0.25, 0.3) is 0 Å². The highest BCUT2D eigenvalue weighted by molar-refractivity contribution is 5.75. The van der Waals surface area contributed by atoms with Crippen molar-refractivity contribution in [1.29, 1.82) is 0 Å². The number of furan rings is 1. The molecule has 0 saturated carbocycles. The summed E-state index contributed by atoms with van der Waals surface area (Å²) < 4.78 is 48.5. The first-order valence-electron chi connectivity index (χ1n) is 10.6. The molecule has 1 saturated heterocycles. The van der Waals surface area contributed by atoms with Crippen molar-refractivity contribution in [3.8, 4) is 11.3 Å². The van der Waals surface area contributed by atoms with E-state index < -0.39 is 11.7 Å². The number of halogens is 3. The number of carbonyl (C=O) groups is 2. The van der Waals surface area contributed by atoms with Gasteiger partial charge in [0.2, 0.25) is 0 Å². The van der Waals surface area contributed by atoms with E-state index in [4.69, 9.17) is 14.9 Å². The zero-order chi connectivity index (χ0) is 25.6. The zero-order valence-electron chi connectivity index (χ0n) is 19.1. The van der Waals surface area contributed by atoms with Crippen LogP contribution in [0.25, 0.3) is 11.3 Å². The molecule has 0 unspecified atom stereocenters. The molecule has 0 aliphatic carbocycles. The molecule has 13 heteroatoms. The summed E-state index contributed by atoms with van der Waals surface area (Å²) in [5.41, 5.74) is 5.77. The maximum Gasteiger partial charge on any atom is 0.417 e. The number of aromatic nitrogens is 3. The van der Waals surface area contributed by atoms with Crippen molar-refractivity contribution in [3.63, 3.8) is 0 Å². The fourth-order valence-corrected chi connectivity index (χ4v) is 3.52. The summed E-state index contributed by atoms with van der Waals surface area (Å²) in [5.74, 6) is 1.40. The molecule has 0 aromatic carbocycles. The van der Waals surface area contributed by atoms with E-state index in [0.717, 1.165) is 12.3 Å². The van der Waals surface area contributed by atoms with Crippen LogP contribution in [0.5, 0.6) is 0 Å². The Bertz CT molecular complexity index is 1150. The second kappa shape index (κ2) is 10.9. The number of ether oxygens (including phenoxy) is 1. The molecule has 4 heterocycles. The van der Waals surface area contributed by atoms with Crippen LogP contribution in [0.2, 0.25) is 0 Å². The van der Waals surface area contributed by atoms with Crippen molar-refractivity contribution in [2.45, 2.75) is 32.0 Å². The van der Waals surface area contributed by atoms with E-state index in [0.29, 0.717) is 60.9 Å². The van der Waals surface area contributed by atoms with E-state index >= 15 is 0 Å². The number of nitrogens with one attached hydrogen (secondary N) is 2. The van der Waals surface area contributed by atoms with Gasteiger partial charge in [-0.05, 0) is 18.2 Å². The number of nitrogens with zero attached hydrogens (tertiary/aromatic N) is 3. The average molecular weight is 494 g/mol. The van der Waals surface area contributed by atoms with Crippen LogP contribution < -0.4 is 16.0 Å². The van der Waals surface area contributed by atoms with E-state index in [9.17, 15) is 22.8 Å². The number of pyridine rings is 1. The third-order valence-corrected chi connectivity index (χ3v) is 5.21. The Morgan fingerprint density at radius 1 is 1.31 bits per heavy atom. The largest absolute Gasteiger partial charge is 0.462 e. The summed E-state index contributed by atoms with van der Waals surface area (Å²) in [5, 5.41) is 9.07. The van der Waals surface area contributed by atoms with Crippen LogP contribution in [0.15, 0.2) is 35.0 Å². The second-order valence-corrected chi connectivity index (χ2v) is 7.66. The molecule has 0 radical (unpaired) electrons. The summed E-state index contributed by atoms with van der Waals surface area (Å²) >= 11 is 0. The van der Waals surface area contributed by atoms with Crippen molar-refractivity contribution in [3.05, 3.63) is 41.9 Å². The number of anilines is 3. The van der Waals surface area contributed by atoms with Crippen LogP contribution in [0, 0.1) is 0 Å². The first kappa shape index (κ1) is 25.6. The molecule has 1 fully saturated rings. The number of nitrogen functional groups attached to an aromatic ring is 1. The third-order valence-electron chi connectivity index (χ3n) is 5.21. The van der Waals surface area contributed by atoms with Gasteiger partial charge in [0, 0.05) is 46.1 Å². The van der Waals surface area contributed by atoms with Gasteiger partial charge in [0.05, 0.1) is 23.0 Å². The van der Waals surface area contributed by atoms with Crippen molar-refractivity contribution in [2.75, 3.05) is 36.1 Å². The number of rotatable bonds is 5. The van der Waals surface area contributed by atoms with E-state index in [1.165, 1.54) is 6.92 Å². The highest BCUT2D eigenvalue weighted by Gasteiger charge is 2.32. The number of aromatic amines is 1. The average Bonchev–Trinajstić information content (AvgIpc) is 3.47. The topological polar surface area (TPSA) is 139 Å². The number of alkyl halides is 3. The number of piperidine rings is 1. The fourth-order valence-electron chi connectivity index (χ4n) is 3.52. The summed E-state index contributed by atoms with van der Waals surface area (Å²) in [6.07, 6.45) is -0.270. The van der Waals surface area contributed by atoms with E-state index in [1.54, 1.807) is 25.4 Å². The molecule has 0 amide bonds. The number of esters is 1. The quantitative estimate of drug-likeness (QED) is 0.357. The number of nitrogens with two attached hydrogens (primary N) is 1. The summed E-state index contributed by atoms with van der Waals surface area (Å²) in [6, 6.07) is 4.31. The SMILES string of the molecule is CNc1cc(C(F)(F)F)cnc1N1CCC(OC(C)=O)CC1.Nc1[nH]ncc1-c1ccc(C=O)o1. The van der Waals surface area contributed by atoms with Gasteiger partial charge in [-0.25, -0.2) is 4.98 Å². The van der Waals surface area contributed by atoms with Crippen LogP contribution in [-0.2, 0) is 15.7 Å². The maximum absolute atomic E-state index is 12.7. The number of hydrogen-bond donors (Lipinski definition) is 3. The molecule has 10 nitrogen and oxygen atoms in total. The van der Waals surface area contributed by atoms with Crippen molar-refractivity contribution < 1.29 is 31.9 Å². The lowest BCUT2D eigenvalue weighted by Crippen LogP contribution is -2.38. The third kappa shape index (κ3) is 6.52. The molecule has 0 bridgehead atoms. The molecule has 3 aromatic rings. The minimum Gasteiger partial charge on any atom is -0.462 e. The number of carbonyl (C=O) groups excluding carboxylic acids is 2. The highest BCUT2D eigenvalue weighted by Crippen LogP contribution is 2.34.